The van der Waals surface area contributed by atoms with Gasteiger partial charge in [0.15, 0.2) is 11.5 Å². The molecule has 3 aliphatic rings. The number of carbonyl (C=O) groups excluding carboxylic acids is 1. The summed E-state index contributed by atoms with van der Waals surface area (Å²) in [4.78, 5) is 64.2. The van der Waals surface area contributed by atoms with Gasteiger partial charge in [-0.2, -0.15) is 5.26 Å². The van der Waals surface area contributed by atoms with Crippen LogP contribution in [0.1, 0.15) is 96.6 Å². The van der Waals surface area contributed by atoms with Gasteiger partial charge >= 0.3 is 11.7 Å². The van der Waals surface area contributed by atoms with E-state index >= 15 is 8.78 Å². The van der Waals surface area contributed by atoms with Crippen LogP contribution >= 0.6 is 0 Å². The van der Waals surface area contributed by atoms with Crippen LogP contribution in [-0.4, -0.2) is 86.6 Å². The Morgan fingerprint density at radius 2 is 1.74 bits per heavy atom. The molecule has 66 heavy (non-hydrogen) atoms. The van der Waals surface area contributed by atoms with E-state index in [9.17, 15) is 24.8 Å². The molecule has 336 valence electrons. The fourth-order valence-corrected chi connectivity index (χ4v) is 10.1. The number of aryl methyl sites for hydroxylation is 1. The molecular weight excluding hydrogens is 843 g/mol. The average Bonchev–Trinajstić information content (AvgIpc) is 3.98. The summed E-state index contributed by atoms with van der Waals surface area (Å²) in [5, 5.41) is 20.0. The van der Waals surface area contributed by atoms with Gasteiger partial charge in [-0.05, 0) is 92.5 Å². The molecule has 1 amide bonds. The van der Waals surface area contributed by atoms with Gasteiger partial charge in [-0.25, -0.2) is 33.5 Å². The molecule has 0 atom stereocenters. The zero-order chi connectivity index (χ0) is 46.2. The molecule has 1 N–H and O–H groups in total. The van der Waals surface area contributed by atoms with E-state index in [1.54, 1.807) is 52.9 Å². The summed E-state index contributed by atoms with van der Waals surface area (Å²) >= 11 is 0. The number of halogens is 2. The number of carbonyl (C=O) groups is 2. The standard InChI is InChI=1S/C50H48F2N10O4/c1-29-42-45(57-43(56-29)31-9-11-37(39(52)23-31)50(16-17-50)47(64)65)62(33-13-19-58(20-14-33)28-49(2,3)4)48(66)61(42)34-10-12-40(55-25-34)46(63)59-21-15-35-36-6-5-18-54-44(36)60(41(35)27-59)26-32-8-7-30(24-53)22-38(32)51/h5-12,18,22-23,25,33H,13-17,19-21,26-28H2,1-4H3,(H,64,65). The van der Waals surface area contributed by atoms with Gasteiger partial charge in [0.2, 0.25) is 0 Å². The number of carboxylic acids is 1. The molecule has 0 bridgehead atoms. The monoisotopic (exact) mass is 890 g/mol. The van der Waals surface area contributed by atoms with E-state index in [1.807, 2.05) is 22.8 Å². The Morgan fingerprint density at radius 3 is 2.41 bits per heavy atom. The van der Waals surface area contributed by atoms with E-state index in [0.29, 0.717) is 78.0 Å². The quantitative estimate of drug-likeness (QED) is 0.153. The molecule has 16 heteroatoms. The number of carboxylic acid groups (broad SMARTS) is 1. The summed E-state index contributed by atoms with van der Waals surface area (Å²) in [6, 6.07) is 17.8. The summed E-state index contributed by atoms with van der Waals surface area (Å²) in [6.07, 6.45) is 5.89. The normalized spacial score (nSPS) is 16.4. The Morgan fingerprint density at radius 1 is 0.955 bits per heavy atom. The van der Waals surface area contributed by atoms with Crippen molar-refractivity contribution < 1.29 is 23.5 Å². The van der Waals surface area contributed by atoms with Crippen LogP contribution in [-0.2, 0) is 29.7 Å². The molecule has 2 aliphatic heterocycles. The van der Waals surface area contributed by atoms with Crippen molar-refractivity contribution in [2.24, 2.45) is 5.41 Å². The van der Waals surface area contributed by atoms with Gasteiger partial charge < -0.3 is 19.5 Å². The number of benzene rings is 2. The maximum atomic E-state index is 15.7. The number of hydrogen-bond acceptors (Lipinski definition) is 9. The number of hydrogen-bond donors (Lipinski definition) is 1. The van der Waals surface area contributed by atoms with E-state index < -0.39 is 23.0 Å². The number of nitriles is 1. The predicted octanol–water partition coefficient (Wildman–Crippen LogP) is 7.50. The summed E-state index contributed by atoms with van der Waals surface area (Å²) in [5.74, 6) is -2.28. The number of imidazole rings is 1. The maximum Gasteiger partial charge on any atom is 0.335 e. The van der Waals surface area contributed by atoms with Gasteiger partial charge in [-0.1, -0.05) is 39.0 Å². The molecule has 1 aliphatic carbocycles. The summed E-state index contributed by atoms with van der Waals surface area (Å²) in [7, 11) is 0. The van der Waals surface area contributed by atoms with Crippen molar-refractivity contribution in [2.75, 3.05) is 26.2 Å². The second-order valence-corrected chi connectivity index (χ2v) is 19.1. The number of pyridine rings is 2. The molecule has 0 unspecified atom stereocenters. The van der Waals surface area contributed by atoms with Gasteiger partial charge in [0.25, 0.3) is 5.91 Å². The summed E-state index contributed by atoms with van der Waals surface area (Å²) in [5.41, 5.74) is 4.17. The van der Waals surface area contributed by atoms with Gasteiger partial charge in [0, 0.05) is 66.2 Å². The third kappa shape index (κ3) is 7.40. The highest BCUT2D eigenvalue weighted by Crippen LogP contribution is 2.49. The largest absolute Gasteiger partial charge is 0.481 e. The van der Waals surface area contributed by atoms with Crippen LogP contribution in [0.15, 0.2) is 77.9 Å². The molecule has 2 fully saturated rings. The van der Waals surface area contributed by atoms with Crippen LogP contribution in [0.4, 0.5) is 8.78 Å². The first-order chi connectivity index (χ1) is 31.6. The number of fused-ring (bicyclic) bond motifs is 4. The number of nitrogens with zero attached hydrogens (tertiary/aromatic N) is 10. The first-order valence-electron chi connectivity index (χ1n) is 22.3. The lowest BCUT2D eigenvalue weighted by Gasteiger charge is -2.36. The number of rotatable bonds is 9. The summed E-state index contributed by atoms with van der Waals surface area (Å²) < 4.78 is 36.0. The van der Waals surface area contributed by atoms with Crippen molar-refractivity contribution >= 4 is 34.1 Å². The molecular formula is C50H48F2N10O4. The lowest BCUT2D eigenvalue weighted by molar-refractivity contribution is -0.140. The highest BCUT2D eigenvalue weighted by molar-refractivity contribution is 5.93. The Bertz CT molecular complexity index is 3220. The number of likely N-dealkylation sites (tertiary alicyclic amines) is 1. The minimum atomic E-state index is -1.22. The molecule has 5 aromatic heterocycles. The molecule has 1 saturated heterocycles. The van der Waals surface area contributed by atoms with Crippen LogP contribution in [0.5, 0.6) is 0 Å². The average molecular weight is 891 g/mol. The fraction of sp³-hybridized carbons (Fsp3) is 0.360. The highest BCUT2D eigenvalue weighted by Gasteiger charge is 2.53. The van der Waals surface area contributed by atoms with Gasteiger partial charge in [-0.3, -0.25) is 18.7 Å². The third-order valence-corrected chi connectivity index (χ3v) is 13.4. The van der Waals surface area contributed by atoms with Crippen LogP contribution < -0.4 is 5.69 Å². The highest BCUT2D eigenvalue weighted by atomic mass is 19.1. The first-order valence-corrected chi connectivity index (χ1v) is 22.3. The minimum Gasteiger partial charge on any atom is -0.481 e. The van der Waals surface area contributed by atoms with Crippen LogP contribution in [0.25, 0.3) is 39.3 Å². The Labute approximate surface area is 378 Å². The second-order valence-electron chi connectivity index (χ2n) is 19.1. The minimum absolute atomic E-state index is 0.107. The SMILES string of the molecule is Cc1nc(-c2ccc(C3(C(=O)O)CC3)c(F)c2)nc2c1n(-c1ccc(C(=O)N3CCc4c(n(Cc5ccc(C#N)cc5F)c5ncccc45)C3)nc1)c(=O)n2C1CCN(CC(C)(C)C)CC1. The lowest BCUT2D eigenvalue weighted by Crippen LogP contribution is -2.41. The van der Waals surface area contributed by atoms with Crippen molar-refractivity contribution in [1.29, 1.82) is 5.26 Å². The topological polar surface area (TPSA) is 168 Å². The second kappa shape index (κ2) is 16.1. The predicted molar refractivity (Wildman–Crippen MR) is 242 cm³/mol. The molecule has 1 saturated carbocycles. The molecule has 10 rings (SSSR count). The zero-order valence-corrected chi connectivity index (χ0v) is 37.2. The molecule has 2 aromatic carbocycles. The van der Waals surface area contributed by atoms with Gasteiger partial charge in [0.05, 0.1) is 47.7 Å². The zero-order valence-electron chi connectivity index (χ0n) is 37.2. The van der Waals surface area contributed by atoms with Gasteiger partial charge in [-0.15, -0.1) is 0 Å². The van der Waals surface area contributed by atoms with Crippen molar-refractivity contribution in [1.82, 2.24) is 43.4 Å². The van der Waals surface area contributed by atoms with E-state index in [1.165, 1.54) is 29.0 Å². The van der Waals surface area contributed by atoms with Crippen molar-refractivity contribution in [3.63, 3.8) is 0 Å². The molecule has 0 spiro atoms. The first kappa shape index (κ1) is 42.8. The molecule has 0 radical (unpaired) electrons. The Hall–Kier alpha value is -7.12. The Balaban J connectivity index is 0.982. The number of amides is 1. The lowest BCUT2D eigenvalue weighted by atomic mass is 9.94. The van der Waals surface area contributed by atoms with E-state index in [4.69, 9.17) is 9.97 Å². The van der Waals surface area contributed by atoms with E-state index in [-0.39, 0.29) is 58.8 Å². The van der Waals surface area contributed by atoms with Crippen LogP contribution in [0.2, 0.25) is 0 Å². The van der Waals surface area contributed by atoms with Gasteiger partial charge in [0.1, 0.15) is 28.5 Å². The molecule has 7 aromatic rings. The van der Waals surface area contributed by atoms with Crippen molar-refractivity contribution in [3.05, 3.63) is 135 Å². The molecule has 14 nitrogen and oxygen atoms in total. The van der Waals surface area contributed by atoms with Crippen molar-refractivity contribution in [2.45, 2.75) is 84.3 Å². The number of aliphatic carboxylic acids is 1. The van der Waals surface area contributed by atoms with Crippen molar-refractivity contribution in [3.8, 4) is 23.1 Å². The fourth-order valence-electron chi connectivity index (χ4n) is 10.1. The molecule has 7 heterocycles. The van der Waals surface area contributed by atoms with E-state index in [0.717, 1.165) is 36.3 Å². The third-order valence-electron chi connectivity index (χ3n) is 13.4. The van der Waals surface area contributed by atoms with E-state index in [2.05, 4.69) is 35.6 Å². The van der Waals surface area contributed by atoms with Crippen LogP contribution in [0.3, 0.4) is 0 Å². The van der Waals surface area contributed by atoms with Crippen LogP contribution in [0, 0.1) is 35.3 Å². The maximum absolute atomic E-state index is 15.7. The Kier molecular flexibility index (Phi) is 10.4. The summed E-state index contributed by atoms with van der Waals surface area (Å²) in [6.45, 7) is 11.7. The smallest absolute Gasteiger partial charge is 0.335 e. The number of piperidine rings is 1. The number of aromatic nitrogens is 7.